The molecule has 0 amide bonds. The number of hydrogen-bond acceptors (Lipinski definition) is 1. The molecular weight excluding hydrogens is 793 g/mol. The number of nitrogens with zero attached hydrogens (tertiary/aromatic N) is 4. The molecule has 0 saturated heterocycles. The molecule has 302 valence electrons. The Hall–Kier alpha value is -8.80. The third-order valence-electron chi connectivity index (χ3n) is 14.0. The summed E-state index contributed by atoms with van der Waals surface area (Å²) in [6.45, 7) is 0. The minimum Gasteiger partial charge on any atom is -0.454 e. The van der Waals surface area contributed by atoms with Crippen molar-refractivity contribution in [1.82, 2.24) is 18.3 Å². The van der Waals surface area contributed by atoms with Crippen LogP contribution in [0.5, 0.6) is 0 Å². The molecule has 0 aliphatic carbocycles. The molecule has 15 aromatic rings. The molecule has 0 unspecified atom stereocenters. The number of para-hydroxylation sites is 8. The van der Waals surface area contributed by atoms with Gasteiger partial charge in [-0.3, -0.25) is 0 Å². The third kappa shape index (κ3) is 4.60. The van der Waals surface area contributed by atoms with E-state index in [2.05, 4.69) is 237 Å². The highest BCUT2D eigenvalue weighted by atomic mass is 16.3. The lowest BCUT2D eigenvalue weighted by Gasteiger charge is -2.14. The maximum Gasteiger partial charge on any atom is 0.159 e. The fraction of sp³-hybridized carbons (Fsp3) is 0. The Morgan fingerprint density at radius 3 is 1.25 bits per heavy atom. The van der Waals surface area contributed by atoms with E-state index in [1.165, 1.54) is 65.2 Å². The fourth-order valence-corrected chi connectivity index (χ4v) is 11.4. The van der Waals surface area contributed by atoms with Gasteiger partial charge in [-0.1, -0.05) is 140 Å². The van der Waals surface area contributed by atoms with Gasteiger partial charge in [0.2, 0.25) is 0 Å². The smallest absolute Gasteiger partial charge is 0.159 e. The molecule has 5 heteroatoms. The third-order valence-corrected chi connectivity index (χ3v) is 14.0. The SMILES string of the molecule is c1cc(-n2c3ccccc3c3cc(-n4c5ccccc5c5ccccc54)ccc32)c2c(c1)oc1c(-n3c4ccccc4c4cccc(-n5c6ccccc6c6ccccc65)c43)cccc12. The summed E-state index contributed by atoms with van der Waals surface area (Å²) in [4.78, 5) is 0. The first-order chi connectivity index (χ1) is 32.3. The van der Waals surface area contributed by atoms with Gasteiger partial charge in [0, 0.05) is 54.2 Å². The number of benzene rings is 10. The fourth-order valence-electron chi connectivity index (χ4n) is 11.4. The highest BCUT2D eigenvalue weighted by Gasteiger charge is 2.24. The predicted octanol–water partition coefficient (Wildman–Crippen LogP) is 16.0. The molecule has 65 heavy (non-hydrogen) atoms. The van der Waals surface area contributed by atoms with Crippen molar-refractivity contribution in [2.24, 2.45) is 0 Å². The Morgan fingerprint density at radius 1 is 0.262 bits per heavy atom. The number of hydrogen-bond donors (Lipinski definition) is 0. The molecule has 0 spiro atoms. The first-order valence-electron chi connectivity index (χ1n) is 22.3. The first-order valence-corrected chi connectivity index (χ1v) is 22.3. The van der Waals surface area contributed by atoms with Crippen molar-refractivity contribution in [2.75, 3.05) is 0 Å². The summed E-state index contributed by atoms with van der Waals surface area (Å²) in [7, 11) is 0. The van der Waals surface area contributed by atoms with Gasteiger partial charge in [-0.2, -0.15) is 0 Å². The Labute approximate surface area is 371 Å². The minimum atomic E-state index is 0.848. The predicted molar refractivity (Wildman–Crippen MR) is 271 cm³/mol. The highest BCUT2D eigenvalue weighted by molar-refractivity contribution is 6.19. The highest BCUT2D eigenvalue weighted by Crippen LogP contribution is 2.45. The zero-order chi connectivity index (χ0) is 42.3. The molecule has 0 aliphatic rings. The lowest BCUT2D eigenvalue weighted by atomic mass is 10.1. The molecule has 0 aliphatic heterocycles. The summed E-state index contributed by atoms with van der Waals surface area (Å²) in [5.74, 6) is 0. The zero-order valence-corrected chi connectivity index (χ0v) is 35.0. The van der Waals surface area contributed by atoms with Gasteiger partial charge in [0.1, 0.15) is 5.58 Å². The van der Waals surface area contributed by atoms with Crippen molar-refractivity contribution >= 4 is 109 Å². The molecule has 0 fully saturated rings. The van der Waals surface area contributed by atoms with E-state index in [4.69, 9.17) is 4.42 Å². The minimum absolute atomic E-state index is 0.848. The number of furan rings is 1. The van der Waals surface area contributed by atoms with E-state index in [-0.39, 0.29) is 0 Å². The van der Waals surface area contributed by atoms with Crippen LogP contribution in [-0.4, -0.2) is 18.3 Å². The lowest BCUT2D eigenvalue weighted by Crippen LogP contribution is -2.01. The maximum atomic E-state index is 7.14. The molecule has 0 bridgehead atoms. The summed E-state index contributed by atoms with van der Waals surface area (Å²) in [5, 5.41) is 11.9. The van der Waals surface area contributed by atoms with E-state index in [1.807, 2.05) is 0 Å². The van der Waals surface area contributed by atoms with Crippen LogP contribution in [0.15, 0.2) is 223 Å². The molecule has 0 radical (unpaired) electrons. The van der Waals surface area contributed by atoms with Gasteiger partial charge < -0.3 is 22.7 Å². The van der Waals surface area contributed by atoms with Crippen LogP contribution in [0.4, 0.5) is 0 Å². The van der Waals surface area contributed by atoms with Crippen LogP contribution in [0.25, 0.3) is 132 Å². The van der Waals surface area contributed by atoms with Crippen LogP contribution in [0.2, 0.25) is 0 Å². The monoisotopic (exact) mass is 828 g/mol. The molecule has 5 heterocycles. The second kappa shape index (κ2) is 12.9. The average Bonchev–Trinajstić information content (AvgIpc) is 4.17. The van der Waals surface area contributed by atoms with Gasteiger partial charge in [-0.25, -0.2) is 0 Å². The van der Waals surface area contributed by atoms with Crippen molar-refractivity contribution in [1.29, 1.82) is 0 Å². The van der Waals surface area contributed by atoms with Crippen molar-refractivity contribution < 1.29 is 4.42 Å². The average molecular weight is 829 g/mol. The Bertz CT molecular complexity index is 4380. The van der Waals surface area contributed by atoms with Crippen molar-refractivity contribution in [3.63, 3.8) is 0 Å². The second-order valence-electron chi connectivity index (χ2n) is 17.2. The molecular formula is C60H36N4O. The standard InChI is InChI=1S/C60H36N4O/c1-7-24-47-38(16-1)39-17-2-8-25-48(39)61(47)37-34-35-53-46(36-37)43-21-6-11-28-51(43)62(53)54-30-15-33-57-58(54)45-23-14-32-56(60(45)65-57)64-52-29-12-5-20-42(52)44-22-13-31-55(59(44)64)63-49-26-9-3-18-40(49)41-19-4-10-27-50(41)63/h1-36H. The quantitative estimate of drug-likeness (QED) is 0.174. The lowest BCUT2D eigenvalue weighted by molar-refractivity contribution is 0.666. The molecule has 5 aromatic heterocycles. The van der Waals surface area contributed by atoms with E-state index in [9.17, 15) is 0 Å². The largest absolute Gasteiger partial charge is 0.454 e. The van der Waals surface area contributed by atoms with Gasteiger partial charge in [-0.15, -0.1) is 0 Å². The van der Waals surface area contributed by atoms with Crippen molar-refractivity contribution in [3.8, 4) is 22.7 Å². The second-order valence-corrected chi connectivity index (χ2v) is 17.2. The van der Waals surface area contributed by atoms with Crippen LogP contribution in [0.3, 0.4) is 0 Å². The maximum absolute atomic E-state index is 7.14. The number of fused-ring (bicyclic) bond motifs is 15. The number of rotatable bonds is 4. The molecule has 15 rings (SSSR count). The summed E-state index contributed by atoms with van der Waals surface area (Å²) < 4.78 is 16.9. The van der Waals surface area contributed by atoms with Crippen molar-refractivity contribution in [3.05, 3.63) is 218 Å². The van der Waals surface area contributed by atoms with Crippen LogP contribution >= 0.6 is 0 Å². The first kappa shape index (κ1) is 34.7. The molecule has 10 aromatic carbocycles. The summed E-state index contributed by atoms with van der Waals surface area (Å²) in [6.07, 6.45) is 0. The molecule has 0 N–H and O–H groups in total. The van der Waals surface area contributed by atoms with E-state index < -0.39 is 0 Å². The summed E-state index contributed by atoms with van der Waals surface area (Å²) >= 11 is 0. The van der Waals surface area contributed by atoms with Crippen LogP contribution in [-0.2, 0) is 0 Å². The molecule has 0 atom stereocenters. The van der Waals surface area contributed by atoms with E-state index in [0.29, 0.717) is 0 Å². The summed E-state index contributed by atoms with van der Waals surface area (Å²) in [6, 6.07) is 79.3. The Morgan fingerprint density at radius 2 is 0.662 bits per heavy atom. The van der Waals surface area contributed by atoms with Gasteiger partial charge in [0.25, 0.3) is 0 Å². The number of aromatic nitrogens is 4. The molecule has 5 nitrogen and oxygen atoms in total. The van der Waals surface area contributed by atoms with Gasteiger partial charge >= 0.3 is 0 Å². The summed E-state index contributed by atoms with van der Waals surface area (Å²) in [5.41, 5.74) is 15.4. The molecule has 0 saturated carbocycles. The van der Waals surface area contributed by atoms with Gasteiger partial charge in [0.05, 0.1) is 66.6 Å². The Kier molecular flexibility index (Phi) is 6.89. The van der Waals surface area contributed by atoms with Crippen LogP contribution in [0, 0.1) is 0 Å². The topological polar surface area (TPSA) is 32.9 Å². The van der Waals surface area contributed by atoms with E-state index in [1.54, 1.807) is 0 Å². The Balaban J connectivity index is 0.996. The van der Waals surface area contributed by atoms with Gasteiger partial charge in [-0.05, 0) is 78.9 Å². The normalized spacial score (nSPS) is 12.3. The van der Waals surface area contributed by atoms with E-state index in [0.717, 1.165) is 66.8 Å². The van der Waals surface area contributed by atoms with Crippen LogP contribution < -0.4 is 0 Å². The van der Waals surface area contributed by atoms with E-state index >= 15 is 0 Å². The van der Waals surface area contributed by atoms with Crippen molar-refractivity contribution in [2.45, 2.75) is 0 Å². The van der Waals surface area contributed by atoms with Crippen LogP contribution in [0.1, 0.15) is 0 Å². The zero-order valence-electron chi connectivity index (χ0n) is 35.0. The van der Waals surface area contributed by atoms with Gasteiger partial charge in [0.15, 0.2) is 5.58 Å².